The number of rotatable bonds is 8. The van der Waals surface area contributed by atoms with E-state index >= 15 is 0 Å². The smallest absolute Gasteiger partial charge is 0.243 e. The minimum atomic E-state index is -0.926. The molecule has 28 heavy (non-hydrogen) atoms. The SMILES string of the molecule is CN(CC(O)CO)C(=O)C1(N(C)CCc2ccccc2)Cc2ccccc2C1. The highest BCUT2D eigenvalue weighted by Crippen LogP contribution is 2.35. The second-order valence-corrected chi connectivity index (χ2v) is 7.83. The zero-order chi connectivity index (χ0) is 20.1. The lowest BCUT2D eigenvalue weighted by molar-refractivity contribution is -0.143. The van der Waals surface area contributed by atoms with Crippen molar-refractivity contribution in [2.75, 3.05) is 33.8 Å². The van der Waals surface area contributed by atoms with Gasteiger partial charge in [-0.15, -0.1) is 0 Å². The van der Waals surface area contributed by atoms with Gasteiger partial charge in [0.2, 0.25) is 5.91 Å². The first-order valence-electron chi connectivity index (χ1n) is 9.82. The summed E-state index contributed by atoms with van der Waals surface area (Å²) in [7, 11) is 3.72. The number of hydrogen-bond donors (Lipinski definition) is 2. The zero-order valence-electron chi connectivity index (χ0n) is 16.7. The minimum absolute atomic E-state index is 0.00763. The van der Waals surface area contributed by atoms with Gasteiger partial charge in [0.25, 0.3) is 0 Å². The van der Waals surface area contributed by atoms with E-state index in [-0.39, 0.29) is 19.1 Å². The van der Waals surface area contributed by atoms with Crippen molar-refractivity contribution in [1.29, 1.82) is 0 Å². The molecule has 0 saturated carbocycles. The van der Waals surface area contributed by atoms with Crippen molar-refractivity contribution < 1.29 is 15.0 Å². The molecule has 5 nitrogen and oxygen atoms in total. The van der Waals surface area contributed by atoms with Gasteiger partial charge in [-0.05, 0) is 30.2 Å². The first-order chi connectivity index (χ1) is 13.5. The molecule has 1 aliphatic rings. The van der Waals surface area contributed by atoms with Gasteiger partial charge in [-0.1, -0.05) is 54.6 Å². The summed E-state index contributed by atoms with van der Waals surface area (Å²) in [5.74, 6) is -0.00763. The molecule has 1 aliphatic carbocycles. The molecule has 1 amide bonds. The third-order valence-electron chi connectivity index (χ3n) is 5.83. The quantitative estimate of drug-likeness (QED) is 0.727. The molecule has 2 aromatic rings. The largest absolute Gasteiger partial charge is 0.394 e. The van der Waals surface area contributed by atoms with Crippen molar-refractivity contribution in [1.82, 2.24) is 9.80 Å². The van der Waals surface area contributed by atoms with Crippen LogP contribution in [0, 0.1) is 0 Å². The number of carbonyl (C=O) groups excluding carboxylic acids is 1. The molecule has 0 aromatic heterocycles. The summed E-state index contributed by atoms with van der Waals surface area (Å²) < 4.78 is 0. The Morgan fingerprint density at radius 3 is 2.18 bits per heavy atom. The number of nitrogens with zero attached hydrogens (tertiary/aromatic N) is 2. The highest BCUT2D eigenvalue weighted by atomic mass is 16.3. The van der Waals surface area contributed by atoms with Gasteiger partial charge < -0.3 is 15.1 Å². The van der Waals surface area contributed by atoms with Crippen LogP contribution < -0.4 is 0 Å². The Kier molecular flexibility index (Phi) is 6.50. The van der Waals surface area contributed by atoms with Crippen molar-refractivity contribution in [2.45, 2.75) is 30.9 Å². The Morgan fingerprint density at radius 1 is 1.04 bits per heavy atom. The van der Waals surface area contributed by atoms with Crippen LogP contribution in [-0.2, 0) is 24.1 Å². The van der Waals surface area contributed by atoms with Crippen LogP contribution in [0.4, 0.5) is 0 Å². The monoisotopic (exact) mass is 382 g/mol. The topological polar surface area (TPSA) is 64.0 Å². The molecule has 0 saturated heterocycles. The third-order valence-corrected chi connectivity index (χ3v) is 5.83. The van der Waals surface area contributed by atoms with Crippen molar-refractivity contribution in [2.24, 2.45) is 0 Å². The number of likely N-dealkylation sites (N-methyl/N-ethyl adjacent to an activating group) is 2. The average molecular weight is 383 g/mol. The summed E-state index contributed by atoms with van der Waals surface area (Å²) in [6, 6.07) is 18.5. The maximum Gasteiger partial charge on any atom is 0.243 e. The van der Waals surface area contributed by atoms with Crippen LogP contribution in [0.1, 0.15) is 16.7 Å². The molecule has 5 heteroatoms. The number of hydrogen-bond acceptors (Lipinski definition) is 4. The molecule has 150 valence electrons. The Bertz CT molecular complexity index is 768. The molecule has 0 heterocycles. The van der Waals surface area contributed by atoms with E-state index in [0.717, 1.165) is 13.0 Å². The predicted octanol–water partition coefficient (Wildman–Crippen LogP) is 1.51. The van der Waals surface area contributed by atoms with Gasteiger partial charge in [0.05, 0.1) is 12.7 Å². The summed E-state index contributed by atoms with van der Waals surface area (Å²) in [5.41, 5.74) is 3.00. The fourth-order valence-electron chi connectivity index (χ4n) is 4.15. The molecule has 1 unspecified atom stereocenters. The Hall–Kier alpha value is -2.21. The highest BCUT2D eigenvalue weighted by molar-refractivity contribution is 5.88. The first kappa shape index (κ1) is 20.5. The Morgan fingerprint density at radius 2 is 1.61 bits per heavy atom. The number of fused-ring (bicyclic) bond motifs is 1. The molecule has 1 atom stereocenters. The fourth-order valence-corrected chi connectivity index (χ4v) is 4.15. The molecular formula is C23H30N2O3. The summed E-state index contributed by atoms with van der Waals surface area (Å²) in [6.45, 7) is 0.536. The first-order valence-corrected chi connectivity index (χ1v) is 9.82. The normalized spacial score (nSPS) is 16.0. The van der Waals surface area contributed by atoms with E-state index < -0.39 is 11.6 Å². The van der Waals surface area contributed by atoms with Crippen LogP contribution in [0.15, 0.2) is 54.6 Å². The molecule has 0 radical (unpaired) electrons. The van der Waals surface area contributed by atoms with Gasteiger partial charge in [-0.2, -0.15) is 0 Å². The van der Waals surface area contributed by atoms with E-state index in [2.05, 4.69) is 29.2 Å². The standard InChI is InChI=1S/C23H30N2O3/c1-24(16-21(27)17-26)22(28)23(14-19-10-6-7-11-20(19)15-23)25(2)13-12-18-8-4-3-5-9-18/h3-11,21,26-27H,12-17H2,1-2H3. The summed E-state index contributed by atoms with van der Waals surface area (Å²) in [4.78, 5) is 17.3. The van der Waals surface area contributed by atoms with Gasteiger partial charge in [-0.25, -0.2) is 0 Å². The van der Waals surface area contributed by atoms with Gasteiger partial charge in [0.1, 0.15) is 5.54 Å². The lowest BCUT2D eigenvalue weighted by atomic mass is 9.91. The molecule has 0 spiro atoms. The van der Waals surface area contributed by atoms with Crippen LogP contribution in [-0.4, -0.2) is 71.4 Å². The van der Waals surface area contributed by atoms with Gasteiger partial charge in [0, 0.05) is 33.0 Å². The van der Waals surface area contributed by atoms with Crippen molar-refractivity contribution in [3.63, 3.8) is 0 Å². The molecule has 3 rings (SSSR count). The summed E-state index contributed by atoms with van der Waals surface area (Å²) in [5, 5.41) is 19.0. The lowest BCUT2D eigenvalue weighted by Crippen LogP contribution is -2.60. The van der Waals surface area contributed by atoms with Crippen molar-refractivity contribution in [3.8, 4) is 0 Å². The van der Waals surface area contributed by atoms with Gasteiger partial charge >= 0.3 is 0 Å². The highest BCUT2D eigenvalue weighted by Gasteiger charge is 2.48. The molecule has 0 fully saturated rings. The maximum absolute atomic E-state index is 13.5. The second kappa shape index (κ2) is 8.86. The number of aliphatic hydroxyl groups is 2. The number of carbonyl (C=O) groups is 1. The van der Waals surface area contributed by atoms with Crippen LogP contribution >= 0.6 is 0 Å². The summed E-state index contributed by atoms with van der Waals surface area (Å²) >= 11 is 0. The lowest BCUT2D eigenvalue weighted by Gasteiger charge is -2.40. The molecule has 0 aliphatic heterocycles. The number of aliphatic hydroxyl groups excluding tert-OH is 2. The Balaban J connectivity index is 1.82. The van der Waals surface area contributed by atoms with E-state index in [1.54, 1.807) is 11.9 Å². The van der Waals surface area contributed by atoms with E-state index in [4.69, 9.17) is 5.11 Å². The third kappa shape index (κ3) is 4.27. The second-order valence-electron chi connectivity index (χ2n) is 7.83. The van der Waals surface area contributed by atoms with Gasteiger partial charge in [-0.3, -0.25) is 9.69 Å². The number of benzene rings is 2. The molecule has 2 aromatic carbocycles. The molecule has 2 N–H and O–H groups in total. The number of amides is 1. The summed E-state index contributed by atoms with van der Waals surface area (Å²) in [6.07, 6.45) is 1.26. The van der Waals surface area contributed by atoms with Crippen molar-refractivity contribution >= 4 is 5.91 Å². The fraction of sp³-hybridized carbons (Fsp3) is 0.435. The van der Waals surface area contributed by atoms with E-state index in [9.17, 15) is 9.90 Å². The van der Waals surface area contributed by atoms with E-state index in [1.165, 1.54) is 16.7 Å². The van der Waals surface area contributed by atoms with Crippen LogP contribution in [0.5, 0.6) is 0 Å². The minimum Gasteiger partial charge on any atom is -0.394 e. The maximum atomic E-state index is 13.5. The predicted molar refractivity (Wildman–Crippen MR) is 110 cm³/mol. The van der Waals surface area contributed by atoms with Gasteiger partial charge in [0.15, 0.2) is 0 Å². The van der Waals surface area contributed by atoms with Crippen LogP contribution in [0.25, 0.3) is 0 Å². The average Bonchev–Trinajstić information content (AvgIpc) is 3.12. The Labute approximate surface area is 167 Å². The van der Waals surface area contributed by atoms with Crippen LogP contribution in [0.3, 0.4) is 0 Å². The molecular weight excluding hydrogens is 352 g/mol. The molecule has 0 bridgehead atoms. The van der Waals surface area contributed by atoms with E-state index in [0.29, 0.717) is 12.8 Å². The zero-order valence-corrected chi connectivity index (χ0v) is 16.7. The van der Waals surface area contributed by atoms with E-state index in [1.807, 2.05) is 37.4 Å². The van der Waals surface area contributed by atoms with Crippen LogP contribution in [0.2, 0.25) is 0 Å². The van der Waals surface area contributed by atoms with Crippen molar-refractivity contribution in [3.05, 3.63) is 71.3 Å².